The number of carbonyl (C=O) groups is 2. The molecule has 7 heteroatoms. The van der Waals surface area contributed by atoms with Gasteiger partial charge in [-0.15, -0.1) is 0 Å². The van der Waals surface area contributed by atoms with Gasteiger partial charge in [0.1, 0.15) is 12.4 Å². The number of carbonyl (C=O) groups excluding carboxylic acids is 2. The molecule has 136 valence electrons. The number of fused-ring (bicyclic) bond motifs is 1. The normalized spacial score (nSPS) is 12.9. The van der Waals surface area contributed by atoms with Gasteiger partial charge in [0.05, 0.1) is 17.8 Å². The number of para-hydroxylation sites is 1. The number of nitrogens with zero attached hydrogens (tertiary/aromatic N) is 1. The smallest absolute Gasteiger partial charge is 0.255 e. The van der Waals surface area contributed by atoms with Crippen LogP contribution in [0.4, 0.5) is 5.69 Å². The predicted molar refractivity (Wildman–Crippen MR) is 98.5 cm³/mol. The van der Waals surface area contributed by atoms with Crippen LogP contribution in [0.2, 0.25) is 0 Å². The summed E-state index contributed by atoms with van der Waals surface area (Å²) in [7, 11) is 1.92. The van der Waals surface area contributed by atoms with Gasteiger partial charge in [0.25, 0.3) is 5.91 Å². The summed E-state index contributed by atoms with van der Waals surface area (Å²) in [5, 5.41) is 12.9. The van der Waals surface area contributed by atoms with E-state index in [1.54, 1.807) is 24.3 Å². The van der Waals surface area contributed by atoms with Crippen molar-refractivity contribution in [3.05, 3.63) is 42.0 Å². The Labute approximate surface area is 151 Å². The van der Waals surface area contributed by atoms with Crippen molar-refractivity contribution in [1.82, 2.24) is 5.32 Å². The molecule has 0 radical (unpaired) electrons. The topological polar surface area (TPSA) is 105 Å². The van der Waals surface area contributed by atoms with Crippen molar-refractivity contribution in [1.29, 1.82) is 0 Å². The molecule has 0 saturated carbocycles. The number of nitrogens with two attached hydrogens (primary N) is 1. The molecule has 0 aromatic heterocycles. The van der Waals surface area contributed by atoms with Gasteiger partial charge in [-0.05, 0) is 23.8 Å². The number of primary amides is 1. The van der Waals surface area contributed by atoms with E-state index in [9.17, 15) is 14.7 Å². The Morgan fingerprint density at radius 2 is 2.08 bits per heavy atom. The van der Waals surface area contributed by atoms with E-state index in [2.05, 4.69) is 5.32 Å². The second kappa shape index (κ2) is 7.35. The number of hydrogen-bond acceptors (Lipinski definition) is 5. The summed E-state index contributed by atoms with van der Waals surface area (Å²) < 4.78 is 5.74. The van der Waals surface area contributed by atoms with Crippen molar-refractivity contribution in [2.45, 2.75) is 6.42 Å². The monoisotopic (exact) mass is 355 g/mol. The van der Waals surface area contributed by atoms with Crippen LogP contribution in [0.15, 0.2) is 36.4 Å². The number of rotatable bonds is 5. The predicted octanol–water partition coefficient (Wildman–Crippen LogP) is 1.49. The van der Waals surface area contributed by atoms with Gasteiger partial charge in [-0.2, -0.15) is 0 Å². The van der Waals surface area contributed by atoms with Crippen LogP contribution < -0.4 is 20.7 Å². The summed E-state index contributed by atoms with van der Waals surface area (Å²) in [6.45, 7) is 1.32. The van der Waals surface area contributed by atoms with Crippen LogP contribution in [0.3, 0.4) is 0 Å². The van der Waals surface area contributed by atoms with Crippen molar-refractivity contribution in [2.24, 2.45) is 5.73 Å². The molecular formula is C19H21N3O4. The zero-order chi connectivity index (χ0) is 18.7. The summed E-state index contributed by atoms with van der Waals surface area (Å²) >= 11 is 0. The first-order valence-corrected chi connectivity index (χ1v) is 8.34. The molecule has 1 aliphatic heterocycles. The van der Waals surface area contributed by atoms with E-state index in [1.165, 1.54) is 0 Å². The number of nitrogens with one attached hydrogen (secondary N) is 1. The van der Waals surface area contributed by atoms with Gasteiger partial charge in [-0.25, -0.2) is 0 Å². The van der Waals surface area contributed by atoms with Gasteiger partial charge in [0.15, 0.2) is 5.75 Å². The summed E-state index contributed by atoms with van der Waals surface area (Å²) in [6.07, 6.45) is 0.0633. The zero-order valence-corrected chi connectivity index (χ0v) is 14.5. The maximum Gasteiger partial charge on any atom is 0.255 e. The Morgan fingerprint density at radius 3 is 2.81 bits per heavy atom. The Bertz CT molecular complexity index is 851. The number of aromatic hydroxyl groups is 1. The Balaban J connectivity index is 2.03. The van der Waals surface area contributed by atoms with Crippen molar-refractivity contribution in [2.75, 3.05) is 31.6 Å². The molecule has 4 N–H and O–H groups in total. The molecule has 2 aromatic rings. The molecule has 0 atom stereocenters. The van der Waals surface area contributed by atoms with Crippen molar-refractivity contribution >= 4 is 17.5 Å². The quantitative estimate of drug-likeness (QED) is 0.754. The fourth-order valence-electron chi connectivity index (χ4n) is 2.89. The molecule has 1 heterocycles. The van der Waals surface area contributed by atoms with E-state index in [0.29, 0.717) is 35.6 Å². The molecule has 2 amide bonds. The molecule has 26 heavy (non-hydrogen) atoms. The molecule has 0 saturated heterocycles. The largest absolute Gasteiger partial charge is 0.507 e. The van der Waals surface area contributed by atoms with Crippen molar-refractivity contribution < 1.29 is 19.4 Å². The number of phenolic OH excluding ortho intramolecular Hbond substituents is 1. The van der Waals surface area contributed by atoms with Crippen molar-refractivity contribution in [3.63, 3.8) is 0 Å². The molecule has 0 fully saturated rings. The lowest BCUT2D eigenvalue weighted by Crippen LogP contribution is -2.32. The summed E-state index contributed by atoms with van der Waals surface area (Å²) in [5.74, 6) is -0.206. The fraction of sp³-hybridized carbons (Fsp3) is 0.263. The molecule has 0 spiro atoms. The Kier molecular flexibility index (Phi) is 4.97. The molecule has 2 aromatic carbocycles. The Morgan fingerprint density at radius 1 is 1.31 bits per heavy atom. The first-order chi connectivity index (χ1) is 12.5. The minimum Gasteiger partial charge on any atom is -0.507 e. The van der Waals surface area contributed by atoms with Crippen LogP contribution in [-0.2, 0) is 4.79 Å². The number of hydrogen-bond donors (Lipinski definition) is 3. The first-order valence-electron chi connectivity index (χ1n) is 8.34. The lowest BCUT2D eigenvalue weighted by Gasteiger charge is -2.30. The van der Waals surface area contributed by atoms with Gasteiger partial charge in [-0.1, -0.05) is 18.2 Å². The lowest BCUT2D eigenvalue weighted by atomic mass is 9.99. The first kappa shape index (κ1) is 17.6. The average Bonchev–Trinajstić information content (AvgIpc) is 2.61. The molecule has 3 rings (SSSR count). The number of ether oxygens (including phenoxy) is 1. The van der Waals surface area contributed by atoms with Gasteiger partial charge >= 0.3 is 0 Å². The minimum absolute atomic E-state index is 0.0633. The van der Waals surface area contributed by atoms with E-state index in [1.807, 2.05) is 24.1 Å². The Hall–Kier alpha value is -3.22. The number of likely N-dealkylation sites (N-methyl/N-ethyl adjacent to an activating group) is 1. The number of benzene rings is 2. The van der Waals surface area contributed by atoms with Crippen LogP contribution in [0.25, 0.3) is 11.1 Å². The highest BCUT2D eigenvalue weighted by Crippen LogP contribution is 2.40. The molecule has 7 nitrogen and oxygen atoms in total. The summed E-state index contributed by atoms with van der Waals surface area (Å²) in [4.78, 5) is 25.5. The third-order valence-electron chi connectivity index (χ3n) is 4.27. The highest BCUT2D eigenvalue weighted by atomic mass is 16.5. The number of anilines is 1. The SMILES string of the molecule is CN1CCOc2c(C(=O)NCCC(N)=O)cc(-c3ccccc3O)cc21. The zero-order valence-electron chi connectivity index (χ0n) is 14.5. The van der Waals surface area contributed by atoms with E-state index in [-0.39, 0.29) is 24.6 Å². The number of phenols is 1. The third kappa shape index (κ3) is 3.56. The molecule has 0 aliphatic carbocycles. The van der Waals surface area contributed by atoms with E-state index < -0.39 is 5.91 Å². The third-order valence-corrected chi connectivity index (χ3v) is 4.27. The van der Waals surface area contributed by atoms with Crippen LogP contribution in [0, 0.1) is 0 Å². The molecule has 1 aliphatic rings. The summed E-state index contributed by atoms with van der Waals surface area (Å²) in [6, 6.07) is 10.5. The van der Waals surface area contributed by atoms with Gasteiger partial charge in [-0.3, -0.25) is 9.59 Å². The lowest BCUT2D eigenvalue weighted by molar-refractivity contribution is -0.117. The van der Waals surface area contributed by atoms with Crippen molar-refractivity contribution in [3.8, 4) is 22.6 Å². The van der Waals surface area contributed by atoms with Crippen LogP contribution in [0.1, 0.15) is 16.8 Å². The molecular weight excluding hydrogens is 334 g/mol. The van der Waals surface area contributed by atoms with E-state index in [4.69, 9.17) is 10.5 Å². The fourth-order valence-corrected chi connectivity index (χ4v) is 2.89. The minimum atomic E-state index is -0.480. The highest BCUT2D eigenvalue weighted by Gasteiger charge is 2.24. The standard InChI is InChI=1S/C19H21N3O4/c1-22-8-9-26-18-14(19(25)21-7-6-17(20)24)10-12(11-15(18)22)13-4-2-3-5-16(13)23/h2-5,10-11,23H,6-9H2,1H3,(H2,20,24)(H,21,25). The second-order valence-corrected chi connectivity index (χ2v) is 6.13. The van der Waals surface area contributed by atoms with Gasteiger partial charge in [0, 0.05) is 25.6 Å². The average molecular weight is 355 g/mol. The van der Waals surface area contributed by atoms with E-state index in [0.717, 1.165) is 5.69 Å². The van der Waals surface area contributed by atoms with Crippen LogP contribution in [0.5, 0.6) is 11.5 Å². The second-order valence-electron chi connectivity index (χ2n) is 6.13. The van der Waals surface area contributed by atoms with Gasteiger partial charge in [0.2, 0.25) is 5.91 Å². The van der Waals surface area contributed by atoms with Crippen LogP contribution >= 0.6 is 0 Å². The maximum atomic E-state index is 12.6. The molecule has 0 bridgehead atoms. The highest BCUT2D eigenvalue weighted by molar-refractivity contribution is 6.01. The summed E-state index contributed by atoms with van der Waals surface area (Å²) in [5.41, 5.74) is 7.58. The van der Waals surface area contributed by atoms with Gasteiger partial charge < -0.3 is 25.8 Å². The number of amides is 2. The van der Waals surface area contributed by atoms with E-state index >= 15 is 0 Å². The van der Waals surface area contributed by atoms with Crippen LogP contribution in [-0.4, -0.2) is 43.7 Å². The maximum absolute atomic E-state index is 12.6. The molecule has 0 unspecified atom stereocenters.